The summed E-state index contributed by atoms with van der Waals surface area (Å²) in [4.78, 5) is 28.8. The van der Waals surface area contributed by atoms with E-state index in [0.29, 0.717) is 13.1 Å². The van der Waals surface area contributed by atoms with E-state index >= 15 is 0 Å². The zero-order chi connectivity index (χ0) is 17.6. The molecule has 4 rings (SSSR count). The second-order valence-corrected chi connectivity index (χ2v) is 6.98. The number of amides is 1. The molecule has 1 aromatic heterocycles. The number of hydrogen-bond donors (Lipinski definition) is 0. The molecule has 0 bridgehead atoms. The van der Waals surface area contributed by atoms with Crippen LogP contribution in [0.5, 0.6) is 0 Å². The fourth-order valence-electron chi connectivity index (χ4n) is 3.90. The first kappa shape index (κ1) is 16.0. The monoisotopic (exact) mass is 338 g/mol. The van der Waals surface area contributed by atoms with Crippen molar-refractivity contribution >= 4 is 11.6 Å². The average Bonchev–Trinajstić information content (AvgIpc) is 2.92. The van der Waals surface area contributed by atoms with E-state index in [1.807, 2.05) is 23.1 Å². The van der Waals surface area contributed by atoms with Gasteiger partial charge in [-0.2, -0.15) is 5.10 Å². The minimum Gasteiger partial charge on any atom is -0.308 e. The number of carbonyl (C=O) groups excluding carboxylic acids is 1. The van der Waals surface area contributed by atoms with Crippen LogP contribution in [-0.2, 0) is 31.2 Å². The molecular weight excluding hydrogens is 316 g/mol. The predicted octanol–water partition coefficient (Wildman–Crippen LogP) is 1.12. The number of benzene rings is 1. The van der Waals surface area contributed by atoms with Gasteiger partial charge in [0.05, 0.1) is 12.2 Å². The van der Waals surface area contributed by atoms with Crippen molar-refractivity contribution in [1.82, 2.24) is 14.7 Å². The number of nitrogens with zero attached hydrogens (tertiary/aromatic N) is 4. The van der Waals surface area contributed by atoms with Crippen LogP contribution < -0.4 is 10.5 Å². The van der Waals surface area contributed by atoms with Crippen LogP contribution in [0, 0.1) is 0 Å². The number of hydrogen-bond acceptors (Lipinski definition) is 4. The highest BCUT2D eigenvalue weighted by Gasteiger charge is 2.32. The number of aromatic nitrogens is 2. The third kappa shape index (κ3) is 2.87. The molecule has 0 saturated carbocycles. The predicted molar refractivity (Wildman–Crippen MR) is 95.6 cm³/mol. The first-order valence-electron chi connectivity index (χ1n) is 8.71. The summed E-state index contributed by atoms with van der Waals surface area (Å²) in [6.07, 6.45) is 1.67. The Morgan fingerprint density at radius 3 is 2.92 bits per heavy atom. The van der Waals surface area contributed by atoms with Crippen molar-refractivity contribution in [2.45, 2.75) is 32.4 Å². The highest BCUT2D eigenvalue weighted by atomic mass is 16.2. The first-order chi connectivity index (χ1) is 12.0. The largest absolute Gasteiger partial charge is 0.308 e. The van der Waals surface area contributed by atoms with Gasteiger partial charge in [0.25, 0.3) is 5.56 Å². The number of aryl methyl sites for hydroxylation is 1. The molecule has 1 amide bonds. The molecule has 2 aliphatic heterocycles. The summed E-state index contributed by atoms with van der Waals surface area (Å²) in [5.74, 6) is 0.123. The molecule has 0 saturated heterocycles. The van der Waals surface area contributed by atoms with Gasteiger partial charge in [0.2, 0.25) is 5.91 Å². The Balaban J connectivity index is 1.51. The molecule has 0 fully saturated rings. The van der Waals surface area contributed by atoms with Crippen LogP contribution in [0.3, 0.4) is 0 Å². The van der Waals surface area contributed by atoms with Crippen molar-refractivity contribution < 1.29 is 4.79 Å². The summed E-state index contributed by atoms with van der Waals surface area (Å²) in [7, 11) is 1.67. The van der Waals surface area contributed by atoms with E-state index in [1.54, 1.807) is 13.1 Å². The van der Waals surface area contributed by atoms with Gasteiger partial charge in [-0.3, -0.25) is 14.5 Å². The molecule has 6 nitrogen and oxygen atoms in total. The van der Waals surface area contributed by atoms with Gasteiger partial charge in [0.1, 0.15) is 0 Å². The van der Waals surface area contributed by atoms with E-state index in [4.69, 9.17) is 0 Å². The van der Waals surface area contributed by atoms with E-state index in [-0.39, 0.29) is 17.5 Å². The second kappa shape index (κ2) is 6.11. The van der Waals surface area contributed by atoms with Crippen LogP contribution in [0.1, 0.15) is 23.7 Å². The highest BCUT2D eigenvalue weighted by molar-refractivity contribution is 5.97. The lowest BCUT2D eigenvalue weighted by molar-refractivity contribution is -0.120. The maximum atomic E-state index is 12.9. The van der Waals surface area contributed by atoms with Crippen LogP contribution >= 0.6 is 0 Å². The normalized spacial score (nSPS) is 19.6. The Bertz CT molecular complexity index is 889. The fourth-order valence-corrected chi connectivity index (χ4v) is 3.90. The molecule has 6 heteroatoms. The Morgan fingerprint density at radius 1 is 1.28 bits per heavy atom. The summed E-state index contributed by atoms with van der Waals surface area (Å²) in [6.45, 7) is 3.85. The van der Waals surface area contributed by atoms with Crippen molar-refractivity contribution in [3.05, 3.63) is 57.5 Å². The van der Waals surface area contributed by atoms with E-state index in [0.717, 1.165) is 36.3 Å². The number of anilines is 1. The summed E-state index contributed by atoms with van der Waals surface area (Å²) < 4.78 is 1.38. The molecule has 2 aromatic rings. The summed E-state index contributed by atoms with van der Waals surface area (Å²) in [6, 6.07) is 9.96. The Kier molecular flexibility index (Phi) is 3.92. The number of para-hydroxylation sites is 1. The van der Waals surface area contributed by atoms with E-state index < -0.39 is 0 Å². The molecule has 1 atom stereocenters. The van der Waals surface area contributed by atoms with Gasteiger partial charge < -0.3 is 4.90 Å². The van der Waals surface area contributed by atoms with Gasteiger partial charge in [-0.1, -0.05) is 18.2 Å². The third-order valence-electron chi connectivity index (χ3n) is 5.15. The zero-order valence-corrected chi connectivity index (χ0v) is 14.6. The molecular formula is C19H22N4O2. The molecule has 130 valence electrons. The topological polar surface area (TPSA) is 58.4 Å². The lowest BCUT2D eigenvalue weighted by Gasteiger charge is -2.30. The third-order valence-corrected chi connectivity index (χ3v) is 5.15. The maximum absolute atomic E-state index is 12.9. The van der Waals surface area contributed by atoms with E-state index in [2.05, 4.69) is 23.0 Å². The van der Waals surface area contributed by atoms with Crippen molar-refractivity contribution in [2.75, 3.05) is 18.0 Å². The average molecular weight is 338 g/mol. The maximum Gasteiger partial charge on any atom is 0.266 e. The van der Waals surface area contributed by atoms with Gasteiger partial charge >= 0.3 is 0 Å². The van der Waals surface area contributed by atoms with Gasteiger partial charge in [-0.25, -0.2) is 4.68 Å². The van der Waals surface area contributed by atoms with Crippen LogP contribution in [0.4, 0.5) is 5.69 Å². The molecule has 0 N–H and O–H groups in total. The number of carbonyl (C=O) groups is 1. The minimum atomic E-state index is -0.103. The Hall–Kier alpha value is -2.47. The zero-order valence-electron chi connectivity index (χ0n) is 14.6. The van der Waals surface area contributed by atoms with Gasteiger partial charge in [0.15, 0.2) is 0 Å². The molecule has 3 heterocycles. The van der Waals surface area contributed by atoms with Gasteiger partial charge in [0, 0.05) is 44.4 Å². The molecule has 0 aliphatic carbocycles. The van der Waals surface area contributed by atoms with Crippen LogP contribution in [0.25, 0.3) is 0 Å². The quantitative estimate of drug-likeness (QED) is 0.823. The standard InChI is InChI=1S/C19H22N4O2/c1-13-9-14-5-3-4-6-17(14)23(13)19(25)12-22-8-7-16-15(11-22)10-18(24)21(2)20-16/h3-6,10,13H,7-9,11-12H2,1-2H3. The van der Waals surface area contributed by atoms with Crippen molar-refractivity contribution in [3.63, 3.8) is 0 Å². The minimum absolute atomic E-state index is 0.103. The first-order valence-corrected chi connectivity index (χ1v) is 8.71. The molecule has 25 heavy (non-hydrogen) atoms. The SMILES string of the molecule is CC1Cc2ccccc2N1C(=O)CN1CCc2nn(C)c(=O)cc2C1. The summed E-state index contributed by atoms with van der Waals surface area (Å²) >= 11 is 0. The summed E-state index contributed by atoms with van der Waals surface area (Å²) in [5.41, 5.74) is 4.07. The van der Waals surface area contributed by atoms with Crippen molar-refractivity contribution in [3.8, 4) is 0 Å². The van der Waals surface area contributed by atoms with Crippen LogP contribution in [0.15, 0.2) is 35.1 Å². The van der Waals surface area contributed by atoms with Crippen LogP contribution in [0.2, 0.25) is 0 Å². The molecule has 1 aromatic carbocycles. The highest BCUT2D eigenvalue weighted by Crippen LogP contribution is 2.32. The molecule has 0 radical (unpaired) electrons. The van der Waals surface area contributed by atoms with Crippen molar-refractivity contribution in [1.29, 1.82) is 0 Å². The molecule has 2 aliphatic rings. The lowest BCUT2D eigenvalue weighted by atomic mass is 10.1. The fraction of sp³-hybridized carbons (Fsp3) is 0.421. The van der Waals surface area contributed by atoms with E-state index in [1.165, 1.54) is 10.2 Å². The van der Waals surface area contributed by atoms with Gasteiger partial charge in [-0.15, -0.1) is 0 Å². The second-order valence-electron chi connectivity index (χ2n) is 6.98. The molecule has 0 spiro atoms. The van der Waals surface area contributed by atoms with Gasteiger partial charge in [-0.05, 0) is 30.5 Å². The number of fused-ring (bicyclic) bond motifs is 2. The summed E-state index contributed by atoms with van der Waals surface area (Å²) in [5, 5.41) is 4.33. The number of rotatable bonds is 2. The Labute approximate surface area is 146 Å². The van der Waals surface area contributed by atoms with Crippen LogP contribution in [-0.4, -0.2) is 39.7 Å². The van der Waals surface area contributed by atoms with E-state index in [9.17, 15) is 9.59 Å². The van der Waals surface area contributed by atoms with Crippen molar-refractivity contribution in [2.24, 2.45) is 7.05 Å². The molecule has 1 unspecified atom stereocenters. The Morgan fingerprint density at radius 2 is 2.08 bits per heavy atom. The smallest absolute Gasteiger partial charge is 0.266 e. The lowest BCUT2D eigenvalue weighted by Crippen LogP contribution is -2.45.